The van der Waals surface area contributed by atoms with Crippen molar-refractivity contribution in [1.82, 2.24) is 4.98 Å². The summed E-state index contributed by atoms with van der Waals surface area (Å²) in [5.74, 6) is -0.332. The number of amides is 1. The molecule has 2 heterocycles. The third-order valence-corrected chi connectivity index (χ3v) is 6.19. The number of thiazole rings is 1. The van der Waals surface area contributed by atoms with Crippen molar-refractivity contribution < 1.29 is 9.72 Å². The van der Waals surface area contributed by atoms with Gasteiger partial charge in [-0.3, -0.25) is 20.2 Å². The minimum Gasteiger partial charge on any atom is -0.298 e. The van der Waals surface area contributed by atoms with Crippen molar-refractivity contribution in [2.45, 2.75) is 13.8 Å². The van der Waals surface area contributed by atoms with Gasteiger partial charge in [-0.15, -0.1) is 22.7 Å². The van der Waals surface area contributed by atoms with Crippen LogP contribution in [0.2, 0.25) is 0 Å². The first-order chi connectivity index (χ1) is 11.8. The summed E-state index contributed by atoms with van der Waals surface area (Å²) in [6.07, 6.45) is 0. The molecule has 0 aliphatic rings. The van der Waals surface area contributed by atoms with Crippen molar-refractivity contribution in [3.05, 3.63) is 59.3 Å². The number of carbonyl (C=O) groups excluding carboxylic acids is 1. The van der Waals surface area contributed by atoms with Crippen molar-refractivity contribution in [2.75, 3.05) is 5.32 Å². The van der Waals surface area contributed by atoms with Gasteiger partial charge < -0.3 is 0 Å². The predicted molar refractivity (Wildman–Crippen MR) is 109 cm³/mol. The van der Waals surface area contributed by atoms with E-state index in [-0.39, 0.29) is 11.6 Å². The smallest absolute Gasteiger partial charge is 0.270 e. The monoisotopic (exact) mass is 485 g/mol. The Kier molecular flexibility index (Phi) is 5.16. The van der Waals surface area contributed by atoms with E-state index in [9.17, 15) is 14.9 Å². The number of anilines is 1. The Morgan fingerprint density at radius 1 is 1.24 bits per heavy atom. The van der Waals surface area contributed by atoms with Crippen LogP contribution in [-0.2, 0) is 0 Å². The molecule has 0 bridgehead atoms. The Morgan fingerprint density at radius 2 is 2.00 bits per heavy atom. The standard InChI is InChI=1S/C16H12IN3O3S2/c1-8-3-6-13(24-8)14-9(2)25-16(18-14)19-15(21)11-5-4-10(20(22)23)7-12(11)17/h3-7H,1-2H3,(H,18,19,21). The highest BCUT2D eigenvalue weighted by atomic mass is 127. The van der Waals surface area contributed by atoms with E-state index in [0.29, 0.717) is 14.3 Å². The predicted octanol–water partition coefficient (Wildman–Crippen LogP) is 5.25. The number of aryl methyl sites for hydroxylation is 2. The van der Waals surface area contributed by atoms with E-state index in [1.54, 1.807) is 11.3 Å². The third-order valence-electron chi connectivity index (χ3n) is 3.40. The largest absolute Gasteiger partial charge is 0.298 e. The minimum absolute atomic E-state index is 0.0404. The third kappa shape index (κ3) is 3.88. The number of carbonyl (C=O) groups is 1. The fourth-order valence-electron chi connectivity index (χ4n) is 2.21. The van der Waals surface area contributed by atoms with Crippen molar-refractivity contribution >= 4 is 62.0 Å². The maximum Gasteiger partial charge on any atom is 0.270 e. The van der Waals surface area contributed by atoms with Crippen LogP contribution in [0.3, 0.4) is 0 Å². The van der Waals surface area contributed by atoms with Gasteiger partial charge in [0.05, 0.1) is 21.1 Å². The molecule has 0 atom stereocenters. The lowest BCUT2D eigenvalue weighted by Crippen LogP contribution is -2.13. The quantitative estimate of drug-likeness (QED) is 0.311. The summed E-state index contributed by atoms with van der Waals surface area (Å²) >= 11 is 4.99. The van der Waals surface area contributed by atoms with E-state index in [2.05, 4.69) is 10.3 Å². The Hall–Kier alpha value is -1.85. The molecule has 128 valence electrons. The van der Waals surface area contributed by atoms with Crippen LogP contribution < -0.4 is 5.32 Å². The molecule has 0 unspecified atom stereocenters. The molecular formula is C16H12IN3O3S2. The van der Waals surface area contributed by atoms with E-state index in [4.69, 9.17) is 0 Å². The molecule has 3 rings (SSSR count). The summed E-state index contributed by atoms with van der Waals surface area (Å²) in [4.78, 5) is 30.6. The van der Waals surface area contributed by atoms with Gasteiger partial charge in [-0.05, 0) is 54.6 Å². The second-order valence-electron chi connectivity index (χ2n) is 5.21. The number of nitro groups is 1. The molecule has 9 heteroatoms. The van der Waals surface area contributed by atoms with Gasteiger partial charge in [0.15, 0.2) is 5.13 Å². The molecule has 2 aromatic heterocycles. The van der Waals surface area contributed by atoms with E-state index in [0.717, 1.165) is 15.4 Å². The first kappa shape index (κ1) is 18.0. The lowest BCUT2D eigenvalue weighted by molar-refractivity contribution is -0.384. The summed E-state index contributed by atoms with van der Waals surface area (Å²) in [5, 5.41) is 14.1. The lowest BCUT2D eigenvalue weighted by Gasteiger charge is -2.04. The molecule has 1 N–H and O–H groups in total. The van der Waals surface area contributed by atoms with Crippen LogP contribution in [0.1, 0.15) is 20.1 Å². The number of hydrogen-bond acceptors (Lipinski definition) is 6. The summed E-state index contributed by atoms with van der Waals surface area (Å²) < 4.78 is 0.520. The first-order valence-electron chi connectivity index (χ1n) is 7.14. The van der Waals surface area contributed by atoms with Gasteiger partial charge in [0.2, 0.25) is 0 Å². The topological polar surface area (TPSA) is 85.1 Å². The molecule has 6 nitrogen and oxygen atoms in total. The van der Waals surface area contributed by atoms with Crippen LogP contribution in [0.5, 0.6) is 0 Å². The maximum atomic E-state index is 12.5. The number of hydrogen-bond donors (Lipinski definition) is 1. The summed E-state index contributed by atoms with van der Waals surface area (Å²) in [5.41, 5.74) is 1.21. The normalized spacial score (nSPS) is 10.7. The van der Waals surface area contributed by atoms with Crippen LogP contribution in [0, 0.1) is 27.5 Å². The highest BCUT2D eigenvalue weighted by Crippen LogP contribution is 2.34. The minimum atomic E-state index is -0.483. The molecule has 0 fully saturated rings. The first-order valence-corrected chi connectivity index (χ1v) is 9.86. The number of thiophene rings is 1. The van der Waals surface area contributed by atoms with Gasteiger partial charge in [-0.25, -0.2) is 4.98 Å². The fourth-order valence-corrected chi connectivity index (χ4v) is 4.75. The lowest BCUT2D eigenvalue weighted by atomic mass is 10.2. The van der Waals surface area contributed by atoms with Crippen LogP contribution in [-0.4, -0.2) is 15.8 Å². The van der Waals surface area contributed by atoms with E-state index in [1.807, 2.05) is 48.6 Å². The van der Waals surface area contributed by atoms with Crippen molar-refractivity contribution in [1.29, 1.82) is 0 Å². The number of halogens is 1. The highest BCUT2D eigenvalue weighted by molar-refractivity contribution is 14.1. The Balaban J connectivity index is 1.83. The van der Waals surface area contributed by atoms with Crippen molar-refractivity contribution in [3.8, 4) is 10.6 Å². The number of nitrogens with one attached hydrogen (secondary N) is 1. The average Bonchev–Trinajstić information content (AvgIpc) is 3.12. The zero-order chi connectivity index (χ0) is 18.1. The molecule has 0 spiro atoms. The number of benzene rings is 1. The molecule has 25 heavy (non-hydrogen) atoms. The Morgan fingerprint density at radius 3 is 2.60 bits per heavy atom. The highest BCUT2D eigenvalue weighted by Gasteiger charge is 2.17. The number of nitro benzene ring substituents is 1. The van der Waals surface area contributed by atoms with Gasteiger partial charge in [0, 0.05) is 25.5 Å². The molecular weight excluding hydrogens is 473 g/mol. The number of non-ortho nitro benzene ring substituents is 1. The maximum absolute atomic E-state index is 12.5. The fraction of sp³-hybridized carbons (Fsp3) is 0.125. The van der Waals surface area contributed by atoms with E-state index in [1.165, 1.54) is 34.4 Å². The average molecular weight is 485 g/mol. The summed E-state index contributed by atoms with van der Waals surface area (Å²) in [6, 6.07) is 8.22. The van der Waals surface area contributed by atoms with Crippen molar-refractivity contribution in [3.63, 3.8) is 0 Å². The molecule has 1 aromatic carbocycles. The molecule has 1 amide bonds. The van der Waals surface area contributed by atoms with Crippen LogP contribution in [0.4, 0.5) is 10.8 Å². The SMILES string of the molecule is Cc1ccc(-c2nc(NC(=O)c3ccc([N+](=O)[O-])cc3I)sc2C)s1. The van der Waals surface area contributed by atoms with Gasteiger partial charge in [-0.1, -0.05) is 0 Å². The van der Waals surface area contributed by atoms with Crippen LogP contribution >= 0.6 is 45.3 Å². The molecule has 0 saturated carbocycles. The zero-order valence-corrected chi connectivity index (χ0v) is 17.0. The molecule has 3 aromatic rings. The molecule has 0 aliphatic heterocycles. The van der Waals surface area contributed by atoms with Crippen LogP contribution in [0.15, 0.2) is 30.3 Å². The van der Waals surface area contributed by atoms with Gasteiger partial charge in [-0.2, -0.15) is 0 Å². The van der Waals surface area contributed by atoms with E-state index >= 15 is 0 Å². The molecule has 0 saturated heterocycles. The number of nitrogens with zero attached hydrogens (tertiary/aromatic N) is 2. The second-order valence-corrected chi connectivity index (χ2v) is 8.86. The summed E-state index contributed by atoms with van der Waals surface area (Å²) in [7, 11) is 0. The summed E-state index contributed by atoms with van der Waals surface area (Å²) in [6.45, 7) is 4.00. The van der Waals surface area contributed by atoms with Gasteiger partial charge in [0.25, 0.3) is 11.6 Å². The second kappa shape index (κ2) is 7.18. The van der Waals surface area contributed by atoms with Gasteiger partial charge >= 0.3 is 0 Å². The Bertz CT molecular complexity index is 981. The van der Waals surface area contributed by atoms with Crippen LogP contribution in [0.25, 0.3) is 10.6 Å². The molecule has 0 aliphatic carbocycles. The van der Waals surface area contributed by atoms with Gasteiger partial charge in [0.1, 0.15) is 0 Å². The number of aromatic nitrogens is 1. The Labute approximate surface area is 165 Å². The van der Waals surface area contributed by atoms with E-state index < -0.39 is 4.92 Å². The zero-order valence-electron chi connectivity index (χ0n) is 13.2. The molecule has 0 radical (unpaired) electrons. The van der Waals surface area contributed by atoms with Crippen molar-refractivity contribution in [2.24, 2.45) is 0 Å². The number of rotatable bonds is 4.